The van der Waals surface area contributed by atoms with E-state index in [9.17, 15) is 0 Å². The molecule has 8 aliphatic heterocycles. The van der Waals surface area contributed by atoms with E-state index in [2.05, 4.69) is 425 Å². The van der Waals surface area contributed by atoms with Gasteiger partial charge in [-0.2, -0.15) is 0 Å². The van der Waals surface area contributed by atoms with Gasteiger partial charge >= 0.3 is 0 Å². The fourth-order valence-corrected chi connectivity index (χ4v) is 36.9. The topological polar surface area (TPSA) is 81.2 Å². The second-order valence-electron chi connectivity index (χ2n) is 38.1. The number of anilines is 8. The van der Waals surface area contributed by atoms with Crippen molar-refractivity contribution < 1.29 is 18.3 Å². The first-order valence-corrected chi connectivity index (χ1v) is 56.2. The highest BCUT2D eigenvalue weighted by molar-refractivity contribution is 7.83. The van der Waals surface area contributed by atoms with Crippen molar-refractivity contribution in [3.63, 3.8) is 0 Å². The van der Waals surface area contributed by atoms with Crippen LogP contribution in [0.4, 0.5) is 45.5 Å². The third-order valence-corrected chi connectivity index (χ3v) is 42.6. The number of hydrogen-bond donors (Lipinski definition) is 0. The molecule has 12 heteroatoms. The van der Waals surface area contributed by atoms with Gasteiger partial charge < -0.3 is 0 Å². The van der Waals surface area contributed by atoms with Crippen molar-refractivity contribution >= 4 is 139 Å². The molecule has 0 aromatic heterocycles. The summed E-state index contributed by atoms with van der Waals surface area (Å²) in [6, 6.07) is 185. The lowest BCUT2D eigenvalue weighted by molar-refractivity contribution is 0.586. The summed E-state index contributed by atoms with van der Waals surface area (Å²) >= 11 is 0. The zero-order valence-corrected chi connectivity index (χ0v) is 82.6. The van der Waals surface area contributed by atoms with Crippen LogP contribution in [0.15, 0.2) is 534 Å². The zero-order chi connectivity index (χ0) is 97.1. The van der Waals surface area contributed by atoms with Crippen LogP contribution in [0.5, 0.6) is 0 Å². The number of fused-ring (bicyclic) bond motifs is 46. The van der Waals surface area contributed by atoms with E-state index in [1.807, 2.05) is 127 Å². The Labute approximate surface area is 847 Å². The molecule has 8 nitrogen and oxygen atoms in total. The molecule has 688 valence electrons. The van der Waals surface area contributed by atoms with Gasteiger partial charge in [0, 0.05) is 86.9 Å². The maximum Gasteiger partial charge on any atom is 0.235 e. The number of hydrogen-bond acceptors (Lipinski definition) is 4. The summed E-state index contributed by atoms with van der Waals surface area (Å²) < 4.78 is 71.2. The van der Waals surface area contributed by atoms with Crippen LogP contribution in [0, 0.1) is 0 Å². The highest BCUT2D eigenvalue weighted by Gasteiger charge is 2.53. The highest BCUT2D eigenvalue weighted by atomic mass is 31.2. The number of rotatable bonds is 5. The summed E-state index contributed by atoms with van der Waals surface area (Å²) in [5, 5.41) is 12.0. The van der Waals surface area contributed by atoms with E-state index in [0.29, 0.717) is 0 Å². The first-order valence-electron chi connectivity index (χ1n) is 49.5. The Morgan fingerprint density at radius 3 is 0.651 bits per heavy atom. The van der Waals surface area contributed by atoms with Gasteiger partial charge in [-0.3, -0.25) is 36.9 Å². The molecule has 0 saturated heterocycles. The summed E-state index contributed by atoms with van der Waals surface area (Å²) in [6.07, 6.45) is 0. The van der Waals surface area contributed by atoms with Gasteiger partial charge in [0.25, 0.3) is 0 Å². The van der Waals surface area contributed by atoms with Crippen molar-refractivity contribution in [2.24, 2.45) is 0 Å². The Morgan fingerprint density at radius 1 is 0.116 bits per heavy atom. The smallest absolute Gasteiger partial charge is 0.235 e. The average Bonchev–Trinajstić information content (AvgIpc) is 0.698. The Kier molecular flexibility index (Phi) is 20.3. The molecule has 0 bridgehead atoms. The van der Waals surface area contributed by atoms with Crippen molar-refractivity contribution in [2.75, 3.05) is 18.7 Å². The summed E-state index contributed by atoms with van der Waals surface area (Å²) in [5.74, 6) is 0. The van der Waals surface area contributed by atoms with Crippen molar-refractivity contribution in [1.82, 2.24) is 0 Å². The molecule has 0 saturated carbocycles. The molecule has 0 aliphatic carbocycles. The molecule has 0 N–H and O–H groups in total. The van der Waals surface area contributed by atoms with Crippen LogP contribution < -0.4 is 61.1 Å². The van der Waals surface area contributed by atoms with Gasteiger partial charge in [-0.15, -0.1) is 0 Å². The van der Waals surface area contributed by atoms with Gasteiger partial charge in [-0.25, -0.2) is 0 Å². The molecule has 0 fully saturated rings. The lowest BCUT2D eigenvalue weighted by atomic mass is 9.95. The zero-order valence-electron chi connectivity index (χ0n) is 79.0. The van der Waals surface area contributed by atoms with E-state index in [-0.39, 0.29) is 0 Å². The predicted octanol–water partition coefficient (Wildman–Crippen LogP) is 33.5. The van der Waals surface area contributed by atoms with E-state index in [1.165, 1.54) is 32.7 Å². The Bertz CT molecular complexity index is 9600. The third kappa shape index (κ3) is 13.2. The minimum absolute atomic E-state index is 0.896. The number of para-hydroxylation sites is 8. The van der Waals surface area contributed by atoms with Crippen LogP contribution >= 0.6 is 29.2 Å². The van der Waals surface area contributed by atoms with E-state index in [0.717, 1.165) is 221 Å². The van der Waals surface area contributed by atoms with E-state index < -0.39 is 29.2 Å². The fraction of sp³-hybridized carbons (Fsp3) is 0. The Morgan fingerprint density at radius 2 is 0.315 bits per heavy atom. The normalized spacial score (nSPS) is 16.8. The van der Waals surface area contributed by atoms with E-state index >= 15 is 18.3 Å². The minimum atomic E-state index is -3.24. The third-order valence-electron chi connectivity index (χ3n) is 30.3. The van der Waals surface area contributed by atoms with Crippen molar-refractivity contribution in [2.45, 2.75) is 0 Å². The van der Waals surface area contributed by atoms with Gasteiger partial charge in [-0.1, -0.05) is 431 Å². The molecule has 4 atom stereocenters. The van der Waals surface area contributed by atoms with Gasteiger partial charge in [0.15, 0.2) is 0 Å². The SMILES string of the molecule is O=P12c3ccccc3-c3ccccc3N1c1ccccc1-c1ccc(-c3ccc(-c4ccccc4)cc3)cc12.O=P12c3ccccc3-c3ccccc3N1c1ccccc1-c1ccc(-c3ccc4ccccc4c3)cc12.O=P12c3ccccc3-c3ccccc3N1c1ccccc1-c1ccc(-c3cccc4ccccc34)cc12.O=P12c3ccccc3-c3ccccc3N1c1ccccc1-c1ccc(-c3ccccc3)cc12. The molecule has 0 spiro atoms. The molecule has 23 aromatic carbocycles. The van der Waals surface area contributed by atoms with Crippen molar-refractivity contribution in [3.05, 3.63) is 534 Å². The monoisotopic (exact) mass is 1940 g/mol. The fourth-order valence-electron chi connectivity index (χ4n) is 23.8. The van der Waals surface area contributed by atoms with Gasteiger partial charge in [0.1, 0.15) is 0 Å². The van der Waals surface area contributed by atoms with Crippen molar-refractivity contribution in [3.8, 4) is 145 Å². The lowest BCUT2D eigenvalue weighted by Crippen LogP contribution is -2.37. The summed E-state index contributed by atoms with van der Waals surface area (Å²) in [7, 11) is -12.9. The van der Waals surface area contributed by atoms with E-state index in [4.69, 9.17) is 0 Å². The van der Waals surface area contributed by atoms with Crippen LogP contribution in [-0.4, -0.2) is 0 Å². The summed E-state index contributed by atoms with van der Waals surface area (Å²) in [4.78, 5) is 0. The van der Waals surface area contributed by atoms with Crippen LogP contribution in [-0.2, 0) is 18.3 Å². The molecular weight excluding hydrogens is 1850 g/mol. The van der Waals surface area contributed by atoms with Crippen LogP contribution in [0.2, 0.25) is 0 Å². The summed E-state index contributed by atoms with van der Waals surface area (Å²) in [5.41, 5.74) is 36.6. The number of nitrogens with zero attached hydrogens (tertiary/aromatic N) is 4. The predicted molar refractivity (Wildman–Crippen MR) is 613 cm³/mol. The average molecular weight is 1940 g/mol. The lowest BCUT2D eigenvalue weighted by Gasteiger charge is -2.44. The maximum atomic E-state index is 15.8. The van der Waals surface area contributed by atoms with Gasteiger partial charge in [0.2, 0.25) is 29.2 Å². The number of benzene rings is 23. The largest absolute Gasteiger partial charge is 0.289 e. The standard InChI is InChI=1S/C36H24NOP.2C34H22NOP.C30H20NOP/c38-39-35-17-9-6-14-31(35)29-12-4-7-15-33(29)37(39)34-16-8-5-13-30(34)32-23-22-28(24-36(32)39)27-20-18-26(19-21-27)25-10-2-1-3-11-25;36-37-33-19-8-5-15-29(33)27-13-3-6-17-31(27)35(37)32-18-7-4-14-28(32)30-21-20-24(22-34(30)37)26-16-9-11-23-10-1-2-12-25(23)26;36-37-33-16-8-5-13-29(33)27-11-3-6-14-31(27)35(37)32-15-7-4-12-28(32)30-20-19-26(22-34(30)37)25-18-17-23-9-1-2-10-24(23)21-25;32-33-29-17-9-6-14-25(29)23-12-4-7-15-27(23)31(33)28-16-8-5-13-24(28)26-19-18-22(20-30(26)33)21-10-2-1-3-11-21/h1-24H;2*1-22H;1-20H. The molecule has 4 unspecified atom stereocenters. The second-order valence-corrected chi connectivity index (χ2v) is 48.1. The van der Waals surface area contributed by atoms with Gasteiger partial charge in [-0.05, 0) is 225 Å². The molecule has 0 amide bonds. The Hall–Kier alpha value is -17.3. The molecular formula is C134H88N4O4P4. The quantitative estimate of drug-likeness (QED) is 0.158. The maximum absolute atomic E-state index is 15.8. The molecule has 23 aromatic rings. The first kappa shape index (κ1) is 86.6. The van der Waals surface area contributed by atoms with Crippen LogP contribution in [0.1, 0.15) is 0 Å². The second kappa shape index (κ2) is 34.2. The van der Waals surface area contributed by atoms with Crippen LogP contribution in [0.3, 0.4) is 0 Å². The first-order chi connectivity index (χ1) is 72.0. The minimum Gasteiger partial charge on any atom is -0.289 e. The molecule has 0 radical (unpaired) electrons. The Balaban J connectivity index is 0.0000000944. The molecule has 31 rings (SSSR count). The summed E-state index contributed by atoms with van der Waals surface area (Å²) in [6.45, 7) is 0. The molecule has 8 aliphatic rings. The highest BCUT2D eigenvalue weighted by Crippen LogP contribution is 2.71. The molecule has 146 heavy (non-hydrogen) atoms. The van der Waals surface area contributed by atoms with Crippen LogP contribution in [0.25, 0.3) is 166 Å². The van der Waals surface area contributed by atoms with E-state index in [1.54, 1.807) is 0 Å². The molecule has 8 heterocycles. The van der Waals surface area contributed by atoms with Gasteiger partial charge in [0.05, 0.1) is 45.5 Å². The van der Waals surface area contributed by atoms with Crippen molar-refractivity contribution in [1.29, 1.82) is 0 Å².